The number of benzene rings is 2. The van der Waals surface area contributed by atoms with E-state index >= 15 is 0 Å². The van der Waals surface area contributed by atoms with Gasteiger partial charge in [0.05, 0.1) is 31.6 Å². The van der Waals surface area contributed by atoms with Crippen LogP contribution in [0, 0.1) is 6.92 Å². The van der Waals surface area contributed by atoms with E-state index in [2.05, 4.69) is 18.7 Å². The van der Waals surface area contributed by atoms with Gasteiger partial charge in [-0.05, 0) is 55.7 Å². The maximum Gasteiger partial charge on any atom is 0.260 e. The summed E-state index contributed by atoms with van der Waals surface area (Å²) in [6, 6.07) is 11.4. The van der Waals surface area contributed by atoms with E-state index in [9.17, 15) is 4.79 Å². The number of aromatic nitrogens is 1. The highest BCUT2D eigenvalue weighted by atomic mass is 32.1. The first-order valence-electron chi connectivity index (χ1n) is 12.4. The van der Waals surface area contributed by atoms with Crippen molar-refractivity contribution in [3.05, 3.63) is 47.5 Å². The van der Waals surface area contributed by atoms with Crippen LogP contribution in [0.3, 0.4) is 0 Å². The maximum atomic E-state index is 13.7. The van der Waals surface area contributed by atoms with E-state index in [1.165, 1.54) is 0 Å². The predicted octanol–water partition coefficient (Wildman–Crippen LogP) is 5.16. The lowest BCUT2D eigenvalue weighted by Crippen LogP contribution is -2.39. The van der Waals surface area contributed by atoms with Crippen molar-refractivity contribution in [1.29, 1.82) is 0 Å². The van der Waals surface area contributed by atoms with Crippen molar-refractivity contribution in [2.75, 3.05) is 58.0 Å². The molecule has 0 atom stereocenters. The molecule has 1 amide bonds. The molecule has 1 aromatic heterocycles. The number of ether oxygens (including phenoxy) is 3. The summed E-state index contributed by atoms with van der Waals surface area (Å²) in [4.78, 5) is 22.8. The van der Waals surface area contributed by atoms with Gasteiger partial charge in [-0.25, -0.2) is 4.98 Å². The second-order valence-corrected chi connectivity index (χ2v) is 9.73. The molecular weight excluding hydrogens is 462 g/mol. The average molecular weight is 498 g/mol. The van der Waals surface area contributed by atoms with Crippen molar-refractivity contribution < 1.29 is 19.0 Å². The van der Waals surface area contributed by atoms with Crippen LogP contribution in [0.5, 0.6) is 11.5 Å². The molecule has 0 N–H and O–H groups in total. The van der Waals surface area contributed by atoms with E-state index in [4.69, 9.17) is 19.2 Å². The lowest BCUT2D eigenvalue weighted by Gasteiger charge is -2.27. The van der Waals surface area contributed by atoms with Crippen LogP contribution in [0.2, 0.25) is 0 Å². The molecule has 7 nitrogen and oxygen atoms in total. The largest absolute Gasteiger partial charge is 0.494 e. The smallest absolute Gasteiger partial charge is 0.260 e. The summed E-state index contributed by atoms with van der Waals surface area (Å²) >= 11 is 1.54. The minimum absolute atomic E-state index is 0.0530. The van der Waals surface area contributed by atoms with Crippen molar-refractivity contribution >= 4 is 32.6 Å². The number of methoxy groups -OCH3 is 1. The Bertz CT molecular complexity index is 1110. The first kappa shape index (κ1) is 25.4. The molecule has 0 radical (unpaired) electrons. The summed E-state index contributed by atoms with van der Waals surface area (Å²) in [5.74, 6) is 1.46. The van der Waals surface area contributed by atoms with Gasteiger partial charge >= 0.3 is 0 Å². The molecule has 4 rings (SSSR count). The summed E-state index contributed by atoms with van der Waals surface area (Å²) in [5.41, 5.74) is 2.55. The van der Waals surface area contributed by atoms with Crippen LogP contribution >= 0.6 is 11.3 Å². The van der Waals surface area contributed by atoms with Gasteiger partial charge in [0.1, 0.15) is 17.0 Å². The summed E-state index contributed by atoms with van der Waals surface area (Å²) < 4.78 is 17.8. The van der Waals surface area contributed by atoms with E-state index < -0.39 is 0 Å². The number of hydrogen-bond acceptors (Lipinski definition) is 7. The van der Waals surface area contributed by atoms with Crippen LogP contribution in [0.15, 0.2) is 36.4 Å². The Balaban J connectivity index is 1.56. The number of anilines is 1. The molecule has 0 spiro atoms. The van der Waals surface area contributed by atoms with Gasteiger partial charge in [-0.15, -0.1) is 0 Å². The number of rotatable bonds is 11. The zero-order valence-corrected chi connectivity index (χ0v) is 21.7. The van der Waals surface area contributed by atoms with E-state index in [0.717, 1.165) is 79.4 Å². The Morgan fingerprint density at radius 3 is 2.63 bits per heavy atom. The quantitative estimate of drug-likeness (QED) is 0.341. The third kappa shape index (κ3) is 6.31. The van der Waals surface area contributed by atoms with Crippen LogP contribution in [0.1, 0.15) is 42.1 Å². The molecular formula is C27H35N3O4S. The van der Waals surface area contributed by atoms with Gasteiger partial charge < -0.3 is 14.2 Å². The first-order valence-corrected chi connectivity index (χ1v) is 13.2. The fourth-order valence-corrected chi connectivity index (χ4v) is 5.20. The molecule has 0 aliphatic carbocycles. The fraction of sp³-hybridized carbons (Fsp3) is 0.481. The van der Waals surface area contributed by atoms with Gasteiger partial charge in [-0.1, -0.05) is 30.7 Å². The molecule has 35 heavy (non-hydrogen) atoms. The molecule has 2 heterocycles. The van der Waals surface area contributed by atoms with Gasteiger partial charge in [0.2, 0.25) is 0 Å². The number of nitrogens with zero attached hydrogens (tertiary/aromatic N) is 3. The summed E-state index contributed by atoms with van der Waals surface area (Å²) in [7, 11) is 1.65. The first-order chi connectivity index (χ1) is 17.1. The molecule has 1 saturated heterocycles. The van der Waals surface area contributed by atoms with E-state index in [0.29, 0.717) is 23.8 Å². The number of morpholine rings is 1. The number of amides is 1. The Morgan fingerprint density at radius 1 is 1.14 bits per heavy atom. The number of fused-ring (bicyclic) bond motifs is 1. The fourth-order valence-electron chi connectivity index (χ4n) is 4.12. The number of hydrogen-bond donors (Lipinski definition) is 0. The highest BCUT2D eigenvalue weighted by Gasteiger charge is 2.23. The van der Waals surface area contributed by atoms with Crippen LogP contribution in [-0.2, 0) is 4.74 Å². The van der Waals surface area contributed by atoms with Crippen LogP contribution < -0.4 is 14.4 Å². The van der Waals surface area contributed by atoms with Crippen molar-refractivity contribution in [3.8, 4) is 11.5 Å². The van der Waals surface area contributed by atoms with E-state index in [1.54, 1.807) is 18.4 Å². The number of carbonyl (C=O) groups is 1. The lowest BCUT2D eigenvalue weighted by molar-refractivity contribution is 0.0376. The summed E-state index contributed by atoms with van der Waals surface area (Å²) in [5, 5.41) is 0.697. The van der Waals surface area contributed by atoms with Crippen LogP contribution in [0.4, 0.5) is 5.13 Å². The third-order valence-electron chi connectivity index (χ3n) is 6.22. The average Bonchev–Trinajstić information content (AvgIpc) is 3.34. The molecule has 8 heteroatoms. The number of carbonyl (C=O) groups excluding carboxylic acids is 1. The SMILES string of the molecule is CCCCOc1ccc(C(=O)N(CCCN2CCOCC2)c2nc3c(OC)ccc(C)c3s2)cc1. The number of aryl methyl sites for hydroxylation is 1. The molecule has 3 aromatic rings. The minimum Gasteiger partial charge on any atom is -0.494 e. The van der Waals surface area contributed by atoms with Crippen molar-refractivity contribution in [2.45, 2.75) is 33.1 Å². The third-order valence-corrected chi connectivity index (χ3v) is 7.43. The Hall–Kier alpha value is -2.68. The summed E-state index contributed by atoms with van der Waals surface area (Å²) in [6.07, 6.45) is 2.95. The van der Waals surface area contributed by atoms with Crippen LogP contribution in [0.25, 0.3) is 10.2 Å². The number of thiazole rings is 1. The monoisotopic (exact) mass is 497 g/mol. The van der Waals surface area contributed by atoms with Gasteiger partial charge in [0, 0.05) is 31.7 Å². The second kappa shape index (κ2) is 12.3. The standard InChI is InChI=1S/C27H35N3O4S/c1-4-5-17-34-22-10-8-21(9-11-22)26(31)30(14-6-13-29-15-18-33-19-16-29)27-28-24-23(32-3)12-7-20(2)25(24)35-27/h7-12H,4-6,13-19H2,1-3H3. The zero-order valence-electron chi connectivity index (χ0n) is 20.9. The summed E-state index contributed by atoms with van der Waals surface area (Å²) in [6.45, 7) is 9.80. The lowest BCUT2D eigenvalue weighted by atomic mass is 10.2. The van der Waals surface area contributed by atoms with Crippen LogP contribution in [-0.4, -0.2) is 68.9 Å². The van der Waals surface area contributed by atoms with Gasteiger partial charge in [0.25, 0.3) is 5.91 Å². The van der Waals surface area contributed by atoms with Gasteiger partial charge in [-0.3, -0.25) is 14.6 Å². The van der Waals surface area contributed by atoms with E-state index in [1.807, 2.05) is 41.3 Å². The minimum atomic E-state index is -0.0530. The van der Waals surface area contributed by atoms with Crippen molar-refractivity contribution in [3.63, 3.8) is 0 Å². The molecule has 2 aromatic carbocycles. The molecule has 1 aliphatic heterocycles. The molecule has 1 aliphatic rings. The van der Waals surface area contributed by atoms with Crippen molar-refractivity contribution in [1.82, 2.24) is 9.88 Å². The Kier molecular flexibility index (Phi) is 8.95. The topological polar surface area (TPSA) is 64.1 Å². The van der Waals surface area contributed by atoms with E-state index in [-0.39, 0.29) is 5.91 Å². The number of unbranched alkanes of at least 4 members (excludes halogenated alkanes) is 1. The normalized spacial score (nSPS) is 14.3. The van der Waals surface area contributed by atoms with Gasteiger partial charge in [0.15, 0.2) is 5.13 Å². The Morgan fingerprint density at radius 2 is 1.91 bits per heavy atom. The highest BCUT2D eigenvalue weighted by Crippen LogP contribution is 2.37. The Labute approximate surface area is 211 Å². The van der Waals surface area contributed by atoms with Gasteiger partial charge in [-0.2, -0.15) is 0 Å². The molecule has 0 saturated carbocycles. The molecule has 1 fully saturated rings. The van der Waals surface area contributed by atoms with Crippen molar-refractivity contribution in [2.24, 2.45) is 0 Å². The maximum absolute atomic E-state index is 13.7. The molecule has 0 unspecified atom stereocenters. The molecule has 188 valence electrons. The second-order valence-electron chi connectivity index (χ2n) is 8.75. The molecule has 0 bridgehead atoms. The highest BCUT2D eigenvalue weighted by molar-refractivity contribution is 7.22. The zero-order chi connectivity index (χ0) is 24.6. The predicted molar refractivity (Wildman–Crippen MR) is 141 cm³/mol.